The molecule has 3 amide bonds. The first-order chi connectivity index (χ1) is 14.2. The van der Waals surface area contributed by atoms with Crippen molar-refractivity contribution in [3.63, 3.8) is 0 Å². The van der Waals surface area contributed by atoms with Crippen LogP contribution in [0.3, 0.4) is 0 Å². The SMILES string of the molecule is O=C(Nc1ccccc1)Nc1cccc(NC(=O)c2sccc2-n2cnnn2)c1. The first-order valence-electron chi connectivity index (χ1n) is 8.54. The largest absolute Gasteiger partial charge is 0.323 e. The lowest BCUT2D eigenvalue weighted by molar-refractivity contribution is 0.103. The molecule has 0 fully saturated rings. The van der Waals surface area contributed by atoms with Crippen LogP contribution in [0.4, 0.5) is 21.9 Å². The molecule has 0 aliphatic carbocycles. The van der Waals surface area contributed by atoms with Gasteiger partial charge in [0.1, 0.15) is 11.2 Å². The Morgan fingerprint density at radius 1 is 0.862 bits per heavy atom. The van der Waals surface area contributed by atoms with E-state index in [1.807, 2.05) is 18.2 Å². The second kappa shape index (κ2) is 8.31. The zero-order chi connectivity index (χ0) is 20.1. The van der Waals surface area contributed by atoms with Gasteiger partial charge in [-0.15, -0.1) is 16.4 Å². The molecule has 0 saturated heterocycles. The number of tetrazole rings is 1. The number of aromatic nitrogens is 4. The van der Waals surface area contributed by atoms with E-state index in [0.29, 0.717) is 27.6 Å². The third-order valence-corrected chi connectivity index (χ3v) is 4.76. The predicted octanol–water partition coefficient (Wildman–Crippen LogP) is 3.62. The van der Waals surface area contributed by atoms with Crippen molar-refractivity contribution in [2.75, 3.05) is 16.0 Å². The fraction of sp³-hybridized carbons (Fsp3) is 0. The molecule has 0 bridgehead atoms. The van der Waals surface area contributed by atoms with Gasteiger partial charge in [-0.1, -0.05) is 24.3 Å². The van der Waals surface area contributed by atoms with Crippen LogP contribution in [0, 0.1) is 0 Å². The van der Waals surface area contributed by atoms with Gasteiger partial charge in [0.2, 0.25) is 0 Å². The molecular weight excluding hydrogens is 390 g/mol. The molecule has 0 saturated carbocycles. The van der Waals surface area contributed by atoms with Crippen LogP contribution in [0.5, 0.6) is 0 Å². The zero-order valence-corrected chi connectivity index (χ0v) is 15.8. The Labute approximate surface area is 169 Å². The smallest absolute Gasteiger partial charge is 0.321 e. The Morgan fingerprint density at radius 2 is 1.59 bits per heavy atom. The van der Waals surface area contributed by atoms with Gasteiger partial charge in [-0.25, -0.2) is 4.79 Å². The number of hydrogen-bond donors (Lipinski definition) is 3. The quantitative estimate of drug-likeness (QED) is 0.469. The van der Waals surface area contributed by atoms with Gasteiger partial charge in [-0.2, -0.15) is 4.68 Å². The van der Waals surface area contributed by atoms with Gasteiger partial charge in [0.25, 0.3) is 5.91 Å². The van der Waals surface area contributed by atoms with Crippen LogP contribution in [0.2, 0.25) is 0 Å². The van der Waals surface area contributed by atoms with E-state index in [-0.39, 0.29) is 11.9 Å². The van der Waals surface area contributed by atoms with Crippen molar-refractivity contribution in [1.29, 1.82) is 0 Å². The number of hydrogen-bond acceptors (Lipinski definition) is 6. The number of amides is 3. The van der Waals surface area contributed by atoms with Gasteiger partial charge in [0, 0.05) is 17.1 Å². The summed E-state index contributed by atoms with van der Waals surface area (Å²) in [4.78, 5) is 25.3. The van der Waals surface area contributed by atoms with Crippen LogP contribution >= 0.6 is 11.3 Å². The molecule has 2 heterocycles. The lowest BCUT2D eigenvalue weighted by Crippen LogP contribution is -2.19. The number of thiophene rings is 1. The van der Waals surface area contributed by atoms with E-state index in [1.165, 1.54) is 22.3 Å². The molecule has 0 atom stereocenters. The van der Waals surface area contributed by atoms with Gasteiger partial charge in [0.15, 0.2) is 0 Å². The maximum absolute atomic E-state index is 12.7. The van der Waals surface area contributed by atoms with Gasteiger partial charge in [-0.3, -0.25) is 4.79 Å². The summed E-state index contributed by atoms with van der Waals surface area (Å²) in [5.74, 6) is -0.295. The van der Waals surface area contributed by atoms with Gasteiger partial charge in [-0.05, 0) is 52.2 Å². The summed E-state index contributed by atoms with van der Waals surface area (Å²) < 4.78 is 1.43. The number of benzene rings is 2. The maximum Gasteiger partial charge on any atom is 0.323 e. The minimum absolute atomic E-state index is 0.295. The van der Waals surface area contributed by atoms with E-state index >= 15 is 0 Å². The molecule has 0 aliphatic rings. The van der Waals surface area contributed by atoms with Crippen molar-refractivity contribution in [1.82, 2.24) is 20.2 Å². The van der Waals surface area contributed by atoms with E-state index in [2.05, 4.69) is 31.5 Å². The molecule has 0 aliphatic heterocycles. The fourth-order valence-corrected chi connectivity index (χ4v) is 3.38. The summed E-state index contributed by atoms with van der Waals surface area (Å²) in [6, 6.07) is 17.4. The van der Waals surface area contributed by atoms with E-state index in [9.17, 15) is 9.59 Å². The number of anilines is 3. The van der Waals surface area contributed by atoms with E-state index < -0.39 is 0 Å². The third-order valence-electron chi connectivity index (χ3n) is 3.86. The summed E-state index contributed by atoms with van der Waals surface area (Å²) >= 11 is 1.28. The second-order valence-electron chi connectivity index (χ2n) is 5.87. The monoisotopic (exact) mass is 405 g/mol. The number of carbonyl (C=O) groups excluding carboxylic acids is 2. The number of carbonyl (C=O) groups is 2. The van der Waals surface area contributed by atoms with Crippen molar-refractivity contribution in [2.24, 2.45) is 0 Å². The standard InChI is InChI=1S/C19H15N7O2S/c27-18(17-16(9-10-29-17)26-12-20-24-25-26)21-14-7-4-8-15(11-14)23-19(28)22-13-5-2-1-3-6-13/h1-12H,(H,21,27)(H2,22,23,28). The molecule has 0 radical (unpaired) electrons. The van der Waals surface area contributed by atoms with E-state index in [4.69, 9.17) is 0 Å². The summed E-state index contributed by atoms with van der Waals surface area (Å²) in [5, 5.41) is 21.1. The van der Waals surface area contributed by atoms with E-state index in [0.717, 1.165) is 0 Å². The Balaban J connectivity index is 1.43. The summed E-state index contributed by atoms with van der Waals surface area (Å²) in [5.41, 5.74) is 2.36. The molecule has 4 rings (SSSR count). The lowest BCUT2D eigenvalue weighted by Gasteiger charge is -2.10. The maximum atomic E-state index is 12.7. The molecule has 144 valence electrons. The first-order valence-corrected chi connectivity index (χ1v) is 9.42. The Hall–Kier alpha value is -4.05. The number of nitrogens with zero attached hydrogens (tertiary/aromatic N) is 4. The van der Waals surface area contributed by atoms with Crippen LogP contribution in [-0.4, -0.2) is 32.1 Å². The predicted molar refractivity (Wildman–Crippen MR) is 111 cm³/mol. The second-order valence-corrected chi connectivity index (χ2v) is 6.79. The number of para-hydroxylation sites is 1. The van der Waals surface area contributed by atoms with Gasteiger partial charge < -0.3 is 16.0 Å². The summed E-state index contributed by atoms with van der Waals surface area (Å²) in [6.45, 7) is 0. The molecule has 3 N–H and O–H groups in total. The number of nitrogens with one attached hydrogen (secondary N) is 3. The molecule has 4 aromatic rings. The van der Waals surface area contributed by atoms with E-state index in [1.54, 1.807) is 47.8 Å². The lowest BCUT2D eigenvalue weighted by atomic mass is 10.2. The van der Waals surface area contributed by atoms with Crippen molar-refractivity contribution >= 4 is 40.3 Å². The molecule has 10 heteroatoms. The highest BCUT2D eigenvalue weighted by atomic mass is 32.1. The Bertz CT molecular complexity index is 1130. The highest BCUT2D eigenvalue weighted by Crippen LogP contribution is 2.23. The molecule has 2 aromatic heterocycles. The fourth-order valence-electron chi connectivity index (χ4n) is 2.60. The van der Waals surface area contributed by atoms with Crippen LogP contribution in [-0.2, 0) is 0 Å². The molecule has 0 spiro atoms. The minimum Gasteiger partial charge on any atom is -0.321 e. The van der Waals surface area contributed by atoms with Crippen molar-refractivity contribution in [3.05, 3.63) is 77.2 Å². The van der Waals surface area contributed by atoms with Crippen molar-refractivity contribution < 1.29 is 9.59 Å². The Morgan fingerprint density at radius 3 is 2.34 bits per heavy atom. The number of urea groups is 1. The average Bonchev–Trinajstić information content (AvgIpc) is 3.40. The summed E-state index contributed by atoms with van der Waals surface area (Å²) in [7, 11) is 0. The molecule has 0 unspecified atom stereocenters. The molecular formula is C19H15N7O2S. The van der Waals surface area contributed by atoms with Gasteiger partial charge >= 0.3 is 6.03 Å². The van der Waals surface area contributed by atoms with Gasteiger partial charge in [0.05, 0.1) is 5.69 Å². The van der Waals surface area contributed by atoms with Crippen LogP contribution in [0.15, 0.2) is 72.4 Å². The van der Waals surface area contributed by atoms with Crippen LogP contribution in [0.1, 0.15) is 9.67 Å². The zero-order valence-electron chi connectivity index (χ0n) is 14.9. The van der Waals surface area contributed by atoms with Crippen LogP contribution in [0.25, 0.3) is 5.69 Å². The molecule has 29 heavy (non-hydrogen) atoms. The topological polar surface area (TPSA) is 114 Å². The highest BCUT2D eigenvalue weighted by molar-refractivity contribution is 7.12. The Kier molecular flexibility index (Phi) is 5.25. The first kappa shape index (κ1) is 18.3. The molecule has 9 nitrogen and oxygen atoms in total. The van der Waals surface area contributed by atoms with Crippen LogP contribution < -0.4 is 16.0 Å². The molecule has 2 aromatic carbocycles. The summed E-state index contributed by atoms with van der Waals surface area (Å²) in [6.07, 6.45) is 1.43. The third kappa shape index (κ3) is 4.45. The van der Waals surface area contributed by atoms with Crippen molar-refractivity contribution in [3.8, 4) is 5.69 Å². The average molecular weight is 405 g/mol. The van der Waals surface area contributed by atoms with Crippen molar-refractivity contribution in [2.45, 2.75) is 0 Å². The normalized spacial score (nSPS) is 10.3. The minimum atomic E-state index is -0.376. The number of rotatable bonds is 5. The highest BCUT2D eigenvalue weighted by Gasteiger charge is 2.16.